The number of hydrogen-bond donors (Lipinski definition) is 0. The van der Waals surface area contributed by atoms with Crippen LogP contribution in [-0.4, -0.2) is 40.2 Å². The molecule has 0 saturated heterocycles. The van der Waals surface area contributed by atoms with Crippen molar-refractivity contribution in [3.63, 3.8) is 0 Å². The molecule has 1 saturated carbocycles. The van der Waals surface area contributed by atoms with E-state index in [1.807, 2.05) is 38.9 Å². The second-order valence-corrected chi connectivity index (χ2v) is 8.65. The van der Waals surface area contributed by atoms with E-state index in [2.05, 4.69) is 29.3 Å². The van der Waals surface area contributed by atoms with E-state index in [-0.39, 0.29) is 24.6 Å². The van der Waals surface area contributed by atoms with E-state index in [4.69, 9.17) is 4.84 Å². The topological polar surface area (TPSA) is 49.9 Å². The lowest BCUT2D eigenvalue weighted by Crippen LogP contribution is -2.36. The highest BCUT2D eigenvalue weighted by molar-refractivity contribution is 5.93. The molecule has 1 unspecified atom stereocenters. The van der Waals surface area contributed by atoms with Gasteiger partial charge in [-0.3, -0.25) is 14.4 Å². The van der Waals surface area contributed by atoms with Gasteiger partial charge in [-0.1, -0.05) is 24.8 Å². The second kappa shape index (κ2) is 8.04. The molecule has 0 N–H and O–H groups in total. The predicted octanol–water partition coefficient (Wildman–Crippen LogP) is 4.12. The first-order valence-electron chi connectivity index (χ1n) is 9.92. The minimum Gasteiger partial charge on any atom is -0.350 e. The SMILES string of the molecule is C=C=C1c2cccc(CN(C)OC(C)(C)C)c2CN1C1CCC(=O)CCC1=O.[HH]. The van der Waals surface area contributed by atoms with Crippen molar-refractivity contribution < 1.29 is 15.9 Å². The minimum absolute atomic E-state index is 0. The molecule has 1 aliphatic carbocycles. The maximum absolute atomic E-state index is 12.7. The van der Waals surface area contributed by atoms with Crippen molar-refractivity contribution in [1.82, 2.24) is 9.96 Å². The van der Waals surface area contributed by atoms with Crippen LogP contribution in [0.1, 0.15) is 64.6 Å². The molecule has 1 aliphatic heterocycles. The van der Waals surface area contributed by atoms with E-state index in [1.54, 1.807) is 0 Å². The van der Waals surface area contributed by atoms with Crippen molar-refractivity contribution in [1.29, 1.82) is 0 Å². The Hall–Kier alpha value is -2.20. The van der Waals surface area contributed by atoms with Crippen LogP contribution in [0.15, 0.2) is 30.5 Å². The Morgan fingerprint density at radius 1 is 1.29 bits per heavy atom. The Morgan fingerprint density at radius 2 is 2.04 bits per heavy atom. The van der Waals surface area contributed by atoms with Crippen LogP contribution in [0.3, 0.4) is 0 Å². The Balaban J connectivity index is 0.00000300. The van der Waals surface area contributed by atoms with Crippen LogP contribution < -0.4 is 0 Å². The molecule has 1 aromatic rings. The fourth-order valence-corrected chi connectivity index (χ4v) is 4.14. The number of carbonyl (C=O) groups excluding carboxylic acids is 2. The fraction of sp³-hybridized carbons (Fsp3) is 0.522. The highest BCUT2D eigenvalue weighted by Crippen LogP contribution is 2.38. The van der Waals surface area contributed by atoms with Gasteiger partial charge in [-0.2, -0.15) is 5.06 Å². The van der Waals surface area contributed by atoms with Crippen LogP contribution in [0, 0.1) is 0 Å². The molecule has 0 amide bonds. The number of nitrogens with zero attached hydrogens (tertiary/aromatic N) is 2. The first-order valence-corrected chi connectivity index (χ1v) is 9.92. The summed E-state index contributed by atoms with van der Waals surface area (Å²) in [6.45, 7) is 11.2. The van der Waals surface area contributed by atoms with Crippen molar-refractivity contribution in [2.75, 3.05) is 7.05 Å². The Labute approximate surface area is 169 Å². The van der Waals surface area contributed by atoms with Gasteiger partial charge < -0.3 is 4.90 Å². The highest BCUT2D eigenvalue weighted by atomic mass is 16.7. The summed E-state index contributed by atoms with van der Waals surface area (Å²) < 4.78 is 0. The average Bonchev–Trinajstić information content (AvgIpc) is 2.89. The first-order chi connectivity index (χ1) is 13.2. The summed E-state index contributed by atoms with van der Waals surface area (Å²) in [7, 11) is 1.93. The lowest BCUT2D eigenvalue weighted by atomic mass is 10.0. The van der Waals surface area contributed by atoms with Crippen molar-refractivity contribution >= 4 is 17.3 Å². The molecule has 1 atom stereocenters. The van der Waals surface area contributed by atoms with Gasteiger partial charge in [-0.15, -0.1) is 5.73 Å². The number of benzene rings is 1. The summed E-state index contributed by atoms with van der Waals surface area (Å²) in [5.41, 5.74) is 7.07. The zero-order chi connectivity index (χ0) is 20.5. The number of Topliss-reactive ketones (excluding diaryl/α,β-unsaturated/α-hetero) is 2. The average molecular weight is 385 g/mol. The van der Waals surface area contributed by atoms with Gasteiger partial charge >= 0.3 is 0 Å². The van der Waals surface area contributed by atoms with Gasteiger partial charge in [-0.25, -0.2) is 0 Å². The Kier molecular flexibility index (Phi) is 5.90. The number of ketones is 2. The van der Waals surface area contributed by atoms with Crippen LogP contribution >= 0.6 is 0 Å². The monoisotopic (exact) mass is 384 g/mol. The quantitative estimate of drug-likeness (QED) is 0.444. The molecule has 5 heteroatoms. The molecular weight excluding hydrogens is 352 g/mol. The zero-order valence-electron chi connectivity index (χ0n) is 17.4. The maximum Gasteiger partial charge on any atom is 0.155 e. The molecule has 5 nitrogen and oxygen atoms in total. The van der Waals surface area contributed by atoms with Gasteiger partial charge in [0.2, 0.25) is 0 Å². The molecular formula is C23H32N2O3. The third kappa shape index (κ3) is 4.44. The summed E-state index contributed by atoms with van der Waals surface area (Å²) in [5.74, 6) is 0.319. The maximum atomic E-state index is 12.7. The highest BCUT2D eigenvalue weighted by Gasteiger charge is 2.36. The molecule has 3 rings (SSSR count). The van der Waals surface area contributed by atoms with Crippen molar-refractivity contribution in [3.05, 3.63) is 47.2 Å². The van der Waals surface area contributed by atoms with Gasteiger partial charge in [0.15, 0.2) is 5.78 Å². The Bertz CT molecular complexity index is 837. The molecule has 152 valence electrons. The molecule has 1 aromatic carbocycles. The standard InChI is InChI=1S/C23H30N2O3.H2/c1-6-20-18-9-7-8-16(14-24(5)28-23(2,3)4)19(18)15-25(20)21-12-10-17(26)11-13-22(21)27;/h7-9,21H,1,10-15H2,2-5H3;1H. The lowest BCUT2D eigenvalue weighted by molar-refractivity contribution is -0.219. The largest absolute Gasteiger partial charge is 0.350 e. The predicted molar refractivity (Wildman–Crippen MR) is 111 cm³/mol. The number of hydroxylamine groups is 2. The zero-order valence-corrected chi connectivity index (χ0v) is 17.4. The summed E-state index contributed by atoms with van der Waals surface area (Å²) in [5, 5.41) is 1.85. The summed E-state index contributed by atoms with van der Waals surface area (Å²) in [4.78, 5) is 32.5. The van der Waals surface area contributed by atoms with Gasteiger partial charge in [0.05, 0.1) is 17.3 Å². The third-order valence-corrected chi connectivity index (χ3v) is 5.23. The van der Waals surface area contributed by atoms with Gasteiger partial charge in [0.25, 0.3) is 0 Å². The molecule has 2 aliphatic rings. The number of rotatable bonds is 4. The number of fused-ring (bicyclic) bond motifs is 1. The van der Waals surface area contributed by atoms with E-state index < -0.39 is 0 Å². The first kappa shape index (κ1) is 20.5. The van der Waals surface area contributed by atoms with E-state index in [9.17, 15) is 9.59 Å². The van der Waals surface area contributed by atoms with Crippen LogP contribution in [0.4, 0.5) is 0 Å². The lowest BCUT2D eigenvalue weighted by Gasteiger charge is -2.28. The van der Waals surface area contributed by atoms with E-state index in [0.29, 0.717) is 38.8 Å². The number of carbonyl (C=O) groups is 2. The summed E-state index contributed by atoms with van der Waals surface area (Å²) in [6.07, 6.45) is 1.72. The van der Waals surface area contributed by atoms with Crippen molar-refractivity contribution in [2.45, 2.75) is 71.2 Å². The molecule has 1 fully saturated rings. The molecule has 1 heterocycles. The minimum atomic E-state index is -0.278. The van der Waals surface area contributed by atoms with Gasteiger partial charge in [0, 0.05) is 46.4 Å². The molecule has 28 heavy (non-hydrogen) atoms. The molecule has 0 spiro atoms. The molecule has 0 aromatic heterocycles. The van der Waals surface area contributed by atoms with Gasteiger partial charge in [0.1, 0.15) is 5.78 Å². The van der Waals surface area contributed by atoms with Crippen LogP contribution in [-0.2, 0) is 27.5 Å². The smallest absolute Gasteiger partial charge is 0.155 e. The summed E-state index contributed by atoms with van der Waals surface area (Å²) in [6, 6.07) is 5.91. The van der Waals surface area contributed by atoms with Crippen LogP contribution in [0.25, 0.3) is 5.70 Å². The second-order valence-electron chi connectivity index (χ2n) is 8.65. The van der Waals surface area contributed by atoms with E-state index in [0.717, 1.165) is 16.8 Å². The number of hydrogen-bond acceptors (Lipinski definition) is 5. The van der Waals surface area contributed by atoms with E-state index >= 15 is 0 Å². The van der Waals surface area contributed by atoms with Crippen LogP contribution in [0.5, 0.6) is 0 Å². The third-order valence-electron chi connectivity index (χ3n) is 5.23. The van der Waals surface area contributed by atoms with E-state index in [1.165, 1.54) is 5.56 Å². The molecule has 0 bridgehead atoms. The van der Waals surface area contributed by atoms with Gasteiger partial charge in [-0.05, 0) is 38.3 Å². The van der Waals surface area contributed by atoms with Crippen molar-refractivity contribution in [3.8, 4) is 0 Å². The molecule has 0 radical (unpaired) electrons. The Morgan fingerprint density at radius 3 is 2.71 bits per heavy atom. The fourth-order valence-electron chi connectivity index (χ4n) is 4.14. The van der Waals surface area contributed by atoms with Crippen molar-refractivity contribution in [2.24, 2.45) is 0 Å². The van der Waals surface area contributed by atoms with Crippen LogP contribution in [0.2, 0.25) is 0 Å². The normalized spacial score (nSPS) is 20.4. The summed E-state index contributed by atoms with van der Waals surface area (Å²) >= 11 is 0.